The van der Waals surface area contributed by atoms with Gasteiger partial charge in [0.05, 0.1) is 11.4 Å². The number of anilines is 2. The summed E-state index contributed by atoms with van der Waals surface area (Å²) in [5, 5.41) is 24.7. The Kier molecular flexibility index (Phi) is 15.6. The minimum atomic E-state index is -6.03. The van der Waals surface area contributed by atoms with Crippen molar-refractivity contribution in [3.8, 4) is 11.5 Å². The summed E-state index contributed by atoms with van der Waals surface area (Å²) in [6, 6.07) is 10.1. The van der Waals surface area contributed by atoms with Crippen molar-refractivity contribution in [3.63, 3.8) is 0 Å². The van der Waals surface area contributed by atoms with E-state index < -0.39 is 63.6 Å². The molecule has 0 aliphatic carbocycles. The minimum absolute atomic E-state index is 0.0348. The number of phenolic OH excluding ortho intramolecular Hbond substituents is 2. The van der Waals surface area contributed by atoms with Crippen molar-refractivity contribution in [2.75, 3.05) is 52.9 Å². The van der Waals surface area contributed by atoms with Gasteiger partial charge in [-0.1, -0.05) is 48.6 Å². The zero-order valence-electron chi connectivity index (χ0n) is 28.5. The van der Waals surface area contributed by atoms with E-state index in [1.807, 2.05) is 52.1 Å². The highest BCUT2D eigenvalue weighted by atomic mass is 19.4. The summed E-state index contributed by atoms with van der Waals surface area (Å²) in [5.74, 6) is -3.34. The summed E-state index contributed by atoms with van der Waals surface area (Å²) in [6.45, 7) is 3.08. The molecule has 3 aromatic carbocycles. The lowest BCUT2D eigenvalue weighted by Crippen LogP contribution is -2.54. The first-order chi connectivity index (χ1) is 22.6. The van der Waals surface area contributed by atoms with Crippen molar-refractivity contribution < 1.29 is 46.1 Å². The molecule has 8 nitrogen and oxygen atoms in total. The van der Waals surface area contributed by atoms with Crippen LogP contribution >= 0.6 is 0 Å². The van der Waals surface area contributed by atoms with Gasteiger partial charge in [0, 0.05) is 11.1 Å². The number of benzene rings is 3. The highest BCUT2D eigenvalue weighted by Gasteiger charge is 2.72. The second-order valence-electron chi connectivity index (χ2n) is 11.4. The molecule has 0 aliphatic heterocycles. The third kappa shape index (κ3) is 11.4. The van der Waals surface area contributed by atoms with Crippen LogP contribution in [-0.2, 0) is 10.2 Å². The number of hydrogen-bond donors (Lipinski definition) is 4. The third-order valence-electron chi connectivity index (χ3n) is 6.16. The van der Waals surface area contributed by atoms with Crippen molar-refractivity contribution in [3.05, 3.63) is 107 Å². The number of nitrogens with one attached hydrogen (secondary N) is 2. The van der Waals surface area contributed by atoms with Crippen LogP contribution < -0.4 is 10.6 Å². The number of nitrogens with zero attached hydrogens (tertiary/aromatic N) is 2. The number of alkyl halides is 6. The number of hydrogen-bond acceptors (Lipinski definition) is 6. The molecular formula is C35H42F6N4O4. The van der Waals surface area contributed by atoms with Gasteiger partial charge in [-0.2, -0.15) is 26.3 Å². The zero-order chi connectivity index (χ0) is 37.7. The quantitative estimate of drug-likeness (QED) is 0.0880. The average molecular weight is 697 g/mol. The highest BCUT2D eigenvalue weighted by Crippen LogP contribution is 2.57. The molecule has 49 heavy (non-hydrogen) atoms. The van der Waals surface area contributed by atoms with Crippen LogP contribution in [0, 0.1) is 0 Å². The summed E-state index contributed by atoms with van der Waals surface area (Å²) < 4.78 is 88.5. The molecule has 268 valence electrons. The molecule has 0 fully saturated rings. The van der Waals surface area contributed by atoms with Gasteiger partial charge in [-0.15, -0.1) is 0 Å². The van der Waals surface area contributed by atoms with E-state index in [1.165, 1.54) is 49.4 Å². The first kappa shape index (κ1) is 42.2. The maximum atomic E-state index is 14.7. The van der Waals surface area contributed by atoms with Gasteiger partial charge in [0.25, 0.3) is 11.8 Å². The molecule has 0 atom stereocenters. The first-order valence-corrected chi connectivity index (χ1v) is 14.6. The van der Waals surface area contributed by atoms with Crippen LogP contribution in [0.4, 0.5) is 37.7 Å². The van der Waals surface area contributed by atoms with Crippen LogP contribution in [0.5, 0.6) is 11.5 Å². The third-order valence-corrected chi connectivity index (χ3v) is 6.16. The molecule has 3 aromatic rings. The number of amides is 2. The Labute approximate surface area is 282 Å². The molecule has 0 unspecified atom stereocenters. The van der Waals surface area contributed by atoms with Gasteiger partial charge in [-0.05, 0) is 104 Å². The van der Waals surface area contributed by atoms with Crippen molar-refractivity contribution >= 4 is 23.2 Å². The van der Waals surface area contributed by atoms with Crippen LogP contribution in [0.15, 0.2) is 90.5 Å². The Morgan fingerprint density at radius 2 is 1.08 bits per heavy atom. The molecule has 14 heteroatoms. The monoisotopic (exact) mass is 696 g/mol. The summed E-state index contributed by atoms with van der Waals surface area (Å²) >= 11 is 0. The Morgan fingerprint density at radius 1 is 0.673 bits per heavy atom. The number of aromatic hydroxyl groups is 2. The summed E-state index contributed by atoms with van der Waals surface area (Å²) in [4.78, 5) is 29.1. The van der Waals surface area contributed by atoms with Crippen LogP contribution in [0.3, 0.4) is 0 Å². The predicted octanol–water partition coefficient (Wildman–Crippen LogP) is 7.58. The van der Waals surface area contributed by atoms with E-state index in [-0.39, 0.29) is 11.1 Å². The molecule has 3 rings (SSSR count). The fourth-order valence-corrected chi connectivity index (χ4v) is 4.18. The Morgan fingerprint density at radius 3 is 1.45 bits per heavy atom. The second-order valence-corrected chi connectivity index (χ2v) is 11.4. The van der Waals surface area contributed by atoms with Crippen molar-refractivity contribution in [2.24, 2.45) is 0 Å². The Hall–Kier alpha value is -4.82. The van der Waals surface area contributed by atoms with Crippen LogP contribution in [0.25, 0.3) is 0 Å². The lowest BCUT2D eigenvalue weighted by atomic mass is 9.72. The van der Waals surface area contributed by atoms with Crippen molar-refractivity contribution in [2.45, 2.75) is 31.6 Å². The lowest BCUT2D eigenvalue weighted by molar-refractivity contribution is -0.288. The first-order valence-electron chi connectivity index (χ1n) is 14.6. The lowest BCUT2D eigenvalue weighted by Gasteiger charge is -2.38. The smallest absolute Gasteiger partial charge is 0.411 e. The van der Waals surface area contributed by atoms with E-state index in [0.717, 1.165) is 0 Å². The molecule has 0 heterocycles. The van der Waals surface area contributed by atoms with Gasteiger partial charge in [-0.25, -0.2) is 0 Å². The Balaban J connectivity index is 0.00000135. The predicted molar refractivity (Wildman–Crippen MR) is 180 cm³/mol. The van der Waals surface area contributed by atoms with Crippen LogP contribution in [-0.4, -0.2) is 86.5 Å². The molecule has 4 N–H and O–H groups in total. The molecule has 0 saturated carbocycles. The van der Waals surface area contributed by atoms with E-state index >= 15 is 0 Å². The molecule has 0 spiro atoms. The fourth-order valence-electron chi connectivity index (χ4n) is 4.18. The zero-order valence-corrected chi connectivity index (χ0v) is 28.5. The van der Waals surface area contributed by atoms with E-state index in [4.69, 9.17) is 0 Å². The maximum Gasteiger partial charge on any atom is 0.411 e. The summed E-state index contributed by atoms with van der Waals surface area (Å²) in [6.07, 6.45) is -7.86. The molecule has 0 bridgehead atoms. The van der Waals surface area contributed by atoms with E-state index in [9.17, 15) is 46.1 Å². The van der Waals surface area contributed by atoms with Crippen molar-refractivity contribution in [1.82, 2.24) is 9.80 Å². The number of halogens is 6. The number of rotatable bonds is 7. The van der Waals surface area contributed by atoms with Crippen LogP contribution in [0.1, 0.15) is 35.3 Å². The van der Waals surface area contributed by atoms with Gasteiger partial charge >= 0.3 is 12.4 Å². The standard InChI is InChI=1S/C29H24F6N2O4.2C3H9N/c1-3-8-17(4-2)25(40)36-21-15-19(11-13-23(21)38)27(28(30,31)32,29(33,34)35)20-12-14-24(39)22(16-20)37-26(41)18-9-6-5-7-10-18;2*1-4(2)3/h3-16,38-39H,1-2H3,(H,36,40)(H,37,41);2*1-3H3/b8-3-,17-4+;;. The maximum absolute atomic E-state index is 14.7. The molecule has 0 saturated heterocycles. The summed E-state index contributed by atoms with van der Waals surface area (Å²) in [5.41, 5.74) is -8.81. The molecule has 0 aromatic heterocycles. The van der Waals surface area contributed by atoms with Gasteiger partial charge in [-0.3, -0.25) is 9.59 Å². The van der Waals surface area contributed by atoms with E-state index in [1.54, 1.807) is 13.0 Å². The normalized spacial score (nSPS) is 12.2. The van der Waals surface area contributed by atoms with Gasteiger partial charge < -0.3 is 30.6 Å². The van der Waals surface area contributed by atoms with Gasteiger partial charge in [0.1, 0.15) is 11.5 Å². The topological polar surface area (TPSA) is 105 Å². The molecule has 0 radical (unpaired) electrons. The van der Waals surface area contributed by atoms with E-state index in [2.05, 4.69) is 10.6 Å². The number of allylic oxidation sites excluding steroid dienone is 2. The van der Waals surface area contributed by atoms with Crippen molar-refractivity contribution in [1.29, 1.82) is 0 Å². The summed E-state index contributed by atoms with van der Waals surface area (Å²) in [7, 11) is 12.0. The van der Waals surface area contributed by atoms with Crippen LogP contribution in [0.2, 0.25) is 0 Å². The number of carbonyl (C=O) groups is 2. The fraction of sp³-hybridized carbons (Fsp3) is 0.314. The molecule has 2 amide bonds. The number of carbonyl (C=O) groups excluding carboxylic acids is 2. The Bertz CT molecular complexity index is 1580. The highest BCUT2D eigenvalue weighted by molar-refractivity contribution is 6.06. The largest absolute Gasteiger partial charge is 0.506 e. The second kappa shape index (κ2) is 18.1. The van der Waals surface area contributed by atoms with Gasteiger partial charge in [0.15, 0.2) is 0 Å². The molecule has 0 aliphatic rings. The average Bonchev–Trinajstić information content (AvgIpc) is 2.97. The minimum Gasteiger partial charge on any atom is -0.506 e. The van der Waals surface area contributed by atoms with Gasteiger partial charge in [0.2, 0.25) is 5.41 Å². The molecular weight excluding hydrogens is 654 g/mol. The SMILES string of the molecule is C/C=C\C(=C/C)C(=O)Nc1cc(C(c2ccc(O)c(NC(=O)c3ccccc3)c2)(C(F)(F)F)C(F)(F)F)ccc1O.CN(C)C.CN(C)C. The number of phenols is 2. The van der Waals surface area contributed by atoms with E-state index in [0.29, 0.717) is 36.4 Å².